The summed E-state index contributed by atoms with van der Waals surface area (Å²) in [4.78, 5) is 16.3. The molecule has 0 aliphatic rings. The monoisotopic (exact) mass is 376 g/mol. The highest BCUT2D eigenvalue weighted by Crippen LogP contribution is 2.11. The molecule has 8 heteroatoms. The van der Waals surface area contributed by atoms with Crippen LogP contribution < -0.4 is 15.8 Å². The lowest BCUT2D eigenvalue weighted by Crippen LogP contribution is -2.32. The number of carbonyl (C=O) groups excluding carboxylic acids is 1. The third-order valence-electron chi connectivity index (χ3n) is 3.98. The third-order valence-corrected chi connectivity index (χ3v) is 4.91. The van der Waals surface area contributed by atoms with Gasteiger partial charge in [-0.15, -0.1) is 0 Å². The van der Waals surface area contributed by atoms with Crippen LogP contribution in [-0.2, 0) is 16.4 Å². The van der Waals surface area contributed by atoms with E-state index in [1.54, 1.807) is 24.4 Å². The molecule has 0 saturated heterocycles. The molecule has 1 unspecified atom stereocenters. The molecule has 2 aromatic rings. The quantitative estimate of drug-likeness (QED) is 0.651. The number of nitrogens with one attached hydrogen (secondary N) is 2. The summed E-state index contributed by atoms with van der Waals surface area (Å²) in [6, 6.07) is 10.1. The average molecular weight is 376 g/mol. The van der Waals surface area contributed by atoms with Gasteiger partial charge in [0.1, 0.15) is 5.69 Å². The van der Waals surface area contributed by atoms with E-state index >= 15 is 0 Å². The van der Waals surface area contributed by atoms with Gasteiger partial charge in [0.05, 0.1) is 16.8 Å². The van der Waals surface area contributed by atoms with Crippen molar-refractivity contribution in [3.8, 4) is 0 Å². The second kappa shape index (κ2) is 8.77. The number of anilines is 1. The minimum Gasteiger partial charge on any atom is -0.383 e. The molecule has 0 aliphatic carbocycles. The Morgan fingerprint density at radius 2 is 1.88 bits per heavy atom. The van der Waals surface area contributed by atoms with Gasteiger partial charge in [0.15, 0.2) is 0 Å². The Bertz CT molecular complexity index is 834. The lowest BCUT2D eigenvalue weighted by atomic mass is 10.1. The molecule has 140 valence electrons. The lowest BCUT2D eigenvalue weighted by molar-refractivity contribution is 0.0934. The van der Waals surface area contributed by atoms with Crippen LogP contribution in [0, 0.1) is 0 Å². The SMILES string of the molecule is CCC(C)NC(=O)c1ccc(NCCc2ccc(S(N)(=O)=O)cc2)cn1. The number of primary sulfonamides is 1. The lowest BCUT2D eigenvalue weighted by Gasteiger charge is -2.11. The Labute approximate surface area is 154 Å². The molecule has 0 aliphatic heterocycles. The minimum atomic E-state index is -3.66. The Kier molecular flexibility index (Phi) is 6.70. The van der Waals surface area contributed by atoms with E-state index in [2.05, 4.69) is 15.6 Å². The molecule has 0 radical (unpaired) electrons. The van der Waals surface area contributed by atoms with Crippen molar-refractivity contribution in [3.05, 3.63) is 53.9 Å². The van der Waals surface area contributed by atoms with E-state index in [4.69, 9.17) is 5.14 Å². The van der Waals surface area contributed by atoms with Crippen LogP contribution in [0.4, 0.5) is 5.69 Å². The van der Waals surface area contributed by atoms with Crippen LogP contribution in [0.5, 0.6) is 0 Å². The van der Waals surface area contributed by atoms with E-state index in [0.717, 1.165) is 17.7 Å². The number of benzene rings is 1. The van der Waals surface area contributed by atoms with Crippen molar-refractivity contribution < 1.29 is 13.2 Å². The zero-order valence-corrected chi connectivity index (χ0v) is 15.7. The molecule has 1 aromatic carbocycles. The predicted octanol–water partition coefficient (Wildman–Crippen LogP) is 1.91. The van der Waals surface area contributed by atoms with E-state index in [1.807, 2.05) is 19.9 Å². The predicted molar refractivity (Wildman–Crippen MR) is 101 cm³/mol. The van der Waals surface area contributed by atoms with Gasteiger partial charge in [0, 0.05) is 12.6 Å². The standard InChI is InChI=1S/C18H24N4O3S/c1-3-13(2)22-18(23)17-9-6-15(12-21-17)20-11-10-14-4-7-16(8-5-14)26(19,24)25/h4-9,12-13,20H,3,10-11H2,1-2H3,(H,22,23)(H2,19,24,25). The number of sulfonamides is 1. The van der Waals surface area contributed by atoms with E-state index in [1.165, 1.54) is 12.1 Å². The number of carbonyl (C=O) groups is 1. The number of hydrogen-bond donors (Lipinski definition) is 3. The maximum Gasteiger partial charge on any atom is 0.270 e. The van der Waals surface area contributed by atoms with Crippen molar-refractivity contribution in [2.75, 3.05) is 11.9 Å². The largest absolute Gasteiger partial charge is 0.383 e. The van der Waals surface area contributed by atoms with Crippen molar-refractivity contribution in [1.82, 2.24) is 10.3 Å². The Morgan fingerprint density at radius 3 is 2.42 bits per heavy atom. The molecule has 1 aromatic heterocycles. The number of nitrogens with two attached hydrogens (primary N) is 1. The molecule has 0 bridgehead atoms. The number of aromatic nitrogens is 1. The molecular formula is C18H24N4O3S. The van der Waals surface area contributed by atoms with Crippen molar-refractivity contribution in [2.45, 2.75) is 37.6 Å². The van der Waals surface area contributed by atoms with Crippen LogP contribution in [0.15, 0.2) is 47.5 Å². The summed E-state index contributed by atoms with van der Waals surface area (Å²) in [5, 5.41) is 11.2. The smallest absolute Gasteiger partial charge is 0.270 e. The maximum atomic E-state index is 12.0. The summed E-state index contributed by atoms with van der Waals surface area (Å²) < 4.78 is 22.4. The van der Waals surface area contributed by atoms with Crippen LogP contribution in [0.2, 0.25) is 0 Å². The molecule has 2 rings (SSSR count). The first kappa shape index (κ1) is 19.9. The molecule has 0 spiro atoms. The Hall–Kier alpha value is -2.45. The van der Waals surface area contributed by atoms with Gasteiger partial charge in [-0.1, -0.05) is 19.1 Å². The topological polar surface area (TPSA) is 114 Å². The average Bonchev–Trinajstić information content (AvgIpc) is 2.61. The first-order valence-electron chi connectivity index (χ1n) is 8.42. The van der Waals surface area contributed by atoms with Gasteiger partial charge in [0.25, 0.3) is 5.91 Å². The molecule has 1 atom stereocenters. The van der Waals surface area contributed by atoms with Crippen molar-refractivity contribution in [1.29, 1.82) is 0 Å². The minimum absolute atomic E-state index is 0.102. The number of nitrogens with zero attached hydrogens (tertiary/aromatic N) is 1. The Morgan fingerprint density at radius 1 is 1.19 bits per heavy atom. The molecule has 4 N–H and O–H groups in total. The summed E-state index contributed by atoms with van der Waals surface area (Å²) in [5.74, 6) is -0.180. The van der Waals surface area contributed by atoms with Gasteiger partial charge < -0.3 is 10.6 Å². The van der Waals surface area contributed by atoms with Gasteiger partial charge in [-0.2, -0.15) is 0 Å². The summed E-state index contributed by atoms with van der Waals surface area (Å²) in [5.41, 5.74) is 2.18. The molecule has 26 heavy (non-hydrogen) atoms. The number of amides is 1. The first-order chi connectivity index (χ1) is 12.3. The van der Waals surface area contributed by atoms with Crippen molar-refractivity contribution >= 4 is 21.6 Å². The molecule has 7 nitrogen and oxygen atoms in total. The summed E-state index contributed by atoms with van der Waals surface area (Å²) in [6.07, 6.45) is 3.19. The van der Waals surface area contributed by atoms with Gasteiger partial charge in [0.2, 0.25) is 10.0 Å². The summed E-state index contributed by atoms with van der Waals surface area (Å²) >= 11 is 0. The zero-order valence-electron chi connectivity index (χ0n) is 14.9. The molecular weight excluding hydrogens is 352 g/mol. The van der Waals surface area contributed by atoms with E-state index < -0.39 is 10.0 Å². The van der Waals surface area contributed by atoms with Gasteiger partial charge >= 0.3 is 0 Å². The zero-order chi connectivity index (χ0) is 19.2. The molecule has 0 fully saturated rings. The van der Waals surface area contributed by atoms with Crippen molar-refractivity contribution in [3.63, 3.8) is 0 Å². The number of hydrogen-bond acceptors (Lipinski definition) is 5. The van der Waals surface area contributed by atoms with Crippen LogP contribution >= 0.6 is 0 Å². The Balaban J connectivity index is 1.85. The highest BCUT2D eigenvalue weighted by atomic mass is 32.2. The number of rotatable bonds is 8. The number of pyridine rings is 1. The highest BCUT2D eigenvalue weighted by molar-refractivity contribution is 7.89. The summed E-state index contributed by atoms with van der Waals surface area (Å²) in [7, 11) is -3.66. The van der Waals surface area contributed by atoms with E-state index in [0.29, 0.717) is 18.7 Å². The van der Waals surface area contributed by atoms with Crippen molar-refractivity contribution in [2.24, 2.45) is 5.14 Å². The maximum absolute atomic E-state index is 12.0. The molecule has 0 saturated carbocycles. The van der Waals surface area contributed by atoms with Crippen LogP contribution in [0.3, 0.4) is 0 Å². The fourth-order valence-electron chi connectivity index (χ4n) is 2.23. The summed E-state index contributed by atoms with van der Waals surface area (Å²) in [6.45, 7) is 4.60. The van der Waals surface area contributed by atoms with E-state index in [-0.39, 0.29) is 16.8 Å². The highest BCUT2D eigenvalue weighted by Gasteiger charge is 2.09. The van der Waals surface area contributed by atoms with Gasteiger partial charge in [-0.25, -0.2) is 18.5 Å². The van der Waals surface area contributed by atoms with Crippen LogP contribution in [0.25, 0.3) is 0 Å². The van der Waals surface area contributed by atoms with E-state index in [9.17, 15) is 13.2 Å². The molecule has 1 amide bonds. The van der Waals surface area contributed by atoms with Gasteiger partial charge in [-0.05, 0) is 49.6 Å². The second-order valence-electron chi connectivity index (χ2n) is 6.08. The molecule has 1 heterocycles. The normalized spacial score (nSPS) is 12.4. The third kappa shape index (κ3) is 5.82. The first-order valence-corrected chi connectivity index (χ1v) is 9.96. The fraction of sp³-hybridized carbons (Fsp3) is 0.333. The van der Waals surface area contributed by atoms with Gasteiger partial charge in [-0.3, -0.25) is 4.79 Å². The van der Waals surface area contributed by atoms with Crippen LogP contribution in [-0.4, -0.2) is 31.9 Å². The van der Waals surface area contributed by atoms with Crippen LogP contribution in [0.1, 0.15) is 36.3 Å². The fourth-order valence-corrected chi connectivity index (χ4v) is 2.74. The second-order valence-corrected chi connectivity index (χ2v) is 7.64.